The standard InChI is InChI=1S/C13H27NO3S2/c1-11(2)14-7-9-18-19-10-16-8-5-6-13(15)17-12(3)4/h11-12,14H,5-10H2,1-4H3. The molecule has 0 spiro atoms. The molecular weight excluding hydrogens is 282 g/mol. The summed E-state index contributed by atoms with van der Waals surface area (Å²) in [4.78, 5) is 11.2. The van der Waals surface area contributed by atoms with E-state index < -0.39 is 0 Å². The molecule has 0 aromatic heterocycles. The predicted octanol–water partition coefficient (Wildman–Crippen LogP) is 3.07. The molecule has 0 aliphatic carbocycles. The lowest BCUT2D eigenvalue weighted by Gasteiger charge is -2.08. The summed E-state index contributed by atoms with van der Waals surface area (Å²) in [5.74, 6) is 1.61. The van der Waals surface area contributed by atoms with Gasteiger partial charge in [0.15, 0.2) is 0 Å². The topological polar surface area (TPSA) is 47.6 Å². The summed E-state index contributed by atoms with van der Waals surface area (Å²) in [6, 6.07) is 0.549. The van der Waals surface area contributed by atoms with Gasteiger partial charge < -0.3 is 14.8 Å². The SMILES string of the molecule is CC(C)NCCSSCOCCCC(=O)OC(C)C. The third-order valence-corrected chi connectivity index (χ3v) is 4.08. The van der Waals surface area contributed by atoms with Crippen molar-refractivity contribution in [2.24, 2.45) is 0 Å². The van der Waals surface area contributed by atoms with Crippen molar-refractivity contribution in [3.05, 3.63) is 0 Å². The van der Waals surface area contributed by atoms with E-state index in [-0.39, 0.29) is 12.1 Å². The molecule has 6 heteroatoms. The van der Waals surface area contributed by atoms with Gasteiger partial charge in [0, 0.05) is 31.4 Å². The number of carbonyl (C=O) groups is 1. The Morgan fingerprint density at radius 3 is 2.58 bits per heavy atom. The fourth-order valence-electron chi connectivity index (χ4n) is 1.22. The lowest BCUT2D eigenvalue weighted by atomic mass is 10.3. The highest BCUT2D eigenvalue weighted by atomic mass is 33.1. The van der Waals surface area contributed by atoms with Gasteiger partial charge in [-0.3, -0.25) is 4.79 Å². The number of esters is 1. The summed E-state index contributed by atoms with van der Waals surface area (Å²) < 4.78 is 10.5. The quantitative estimate of drug-likeness (QED) is 0.259. The molecule has 0 atom stereocenters. The Balaban J connectivity index is 3.13. The fourth-order valence-corrected chi connectivity index (χ4v) is 2.80. The van der Waals surface area contributed by atoms with Crippen molar-refractivity contribution in [1.82, 2.24) is 5.32 Å². The van der Waals surface area contributed by atoms with E-state index in [0.717, 1.165) is 18.7 Å². The molecule has 19 heavy (non-hydrogen) atoms. The smallest absolute Gasteiger partial charge is 0.306 e. The van der Waals surface area contributed by atoms with Crippen molar-refractivity contribution in [1.29, 1.82) is 0 Å². The predicted molar refractivity (Wildman–Crippen MR) is 84.5 cm³/mol. The Morgan fingerprint density at radius 1 is 1.21 bits per heavy atom. The Morgan fingerprint density at radius 2 is 1.95 bits per heavy atom. The van der Waals surface area contributed by atoms with Crippen LogP contribution in [0, 0.1) is 0 Å². The second kappa shape index (κ2) is 13.1. The average molecular weight is 309 g/mol. The van der Waals surface area contributed by atoms with Crippen LogP contribution in [-0.2, 0) is 14.3 Å². The van der Waals surface area contributed by atoms with Crippen LogP contribution in [0.5, 0.6) is 0 Å². The van der Waals surface area contributed by atoms with E-state index in [4.69, 9.17) is 9.47 Å². The molecule has 0 unspecified atom stereocenters. The van der Waals surface area contributed by atoms with Crippen LogP contribution in [0.4, 0.5) is 0 Å². The summed E-state index contributed by atoms with van der Waals surface area (Å²) >= 11 is 0. The first-order chi connectivity index (χ1) is 9.02. The highest BCUT2D eigenvalue weighted by Gasteiger charge is 2.04. The number of rotatable bonds is 12. The number of ether oxygens (including phenoxy) is 2. The van der Waals surface area contributed by atoms with Crippen LogP contribution in [0.1, 0.15) is 40.5 Å². The van der Waals surface area contributed by atoms with E-state index in [9.17, 15) is 4.79 Å². The van der Waals surface area contributed by atoms with Crippen LogP contribution in [0.25, 0.3) is 0 Å². The summed E-state index contributed by atoms with van der Waals surface area (Å²) in [6.07, 6.45) is 1.14. The maximum Gasteiger partial charge on any atom is 0.306 e. The van der Waals surface area contributed by atoms with E-state index in [1.165, 1.54) is 0 Å². The van der Waals surface area contributed by atoms with Crippen LogP contribution in [0.15, 0.2) is 0 Å². The van der Waals surface area contributed by atoms with E-state index in [0.29, 0.717) is 25.0 Å². The van der Waals surface area contributed by atoms with Gasteiger partial charge in [0.05, 0.1) is 6.10 Å². The van der Waals surface area contributed by atoms with Crippen molar-refractivity contribution >= 4 is 27.6 Å². The van der Waals surface area contributed by atoms with E-state index in [1.807, 2.05) is 13.8 Å². The first-order valence-corrected chi connectivity index (χ1v) is 9.26. The number of hydrogen-bond acceptors (Lipinski definition) is 6. The Labute approximate surface area is 125 Å². The molecule has 0 fully saturated rings. The van der Waals surface area contributed by atoms with Gasteiger partial charge in [0.25, 0.3) is 0 Å². The summed E-state index contributed by atoms with van der Waals surface area (Å²) in [5.41, 5.74) is 0. The number of nitrogens with one attached hydrogen (secondary N) is 1. The second-order valence-electron chi connectivity index (χ2n) is 4.72. The first-order valence-electron chi connectivity index (χ1n) is 6.77. The van der Waals surface area contributed by atoms with Crippen LogP contribution in [0.2, 0.25) is 0 Å². The number of hydrogen-bond donors (Lipinski definition) is 1. The lowest BCUT2D eigenvalue weighted by Crippen LogP contribution is -2.24. The molecule has 0 bridgehead atoms. The van der Waals surface area contributed by atoms with Gasteiger partial charge in [0.1, 0.15) is 5.94 Å². The van der Waals surface area contributed by atoms with Crippen molar-refractivity contribution in [3.63, 3.8) is 0 Å². The van der Waals surface area contributed by atoms with Gasteiger partial charge in [-0.25, -0.2) is 0 Å². The van der Waals surface area contributed by atoms with Gasteiger partial charge in [-0.2, -0.15) is 0 Å². The summed E-state index contributed by atoms with van der Waals surface area (Å²) in [6.45, 7) is 9.64. The van der Waals surface area contributed by atoms with Gasteiger partial charge >= 0.3 is 5.97 Å². The molecule has 0 heterocycles. The summed E-state index contributed by atoms with van der Waals surface area (Å²) in [7, 11) is 3.52. The van der Waals surface area contributed by atoms with Gasteiger partial charge in [0.2, 0.25) is 0 Å². The third-order valence-electron chi connectivity index (χ3n) is 1.99. The van der Waals surface area contributed by atoms with E-state index in [2.05, 4.69) is 19.2 Å². The van der Waals surface area contributed by atoms with Crippen LogP contribution in [0.3, 0.4) is 0 Å². The van der Waals surface area contributed by atoms with Crippen molar-refractivity contribution < 1.29 is 14.3 Å². The zero-order chi connectivity index (χ0) is 14.5. The second-order valence-corrected chi connectivity index (χ2v) is 7.25. The zero-order valence-electron chi connectivity index (χ0n) is 12.4. The normalized spacial score (nSPS) is 11.3. The maximum atomic E-state index is 11.2. The van der Waals surface area contributed by atoms with Gasteiger partial charge in [-0.05, 0) is 20.3 Å². The lowest BCUT2D eigenvalue weighted by molar-refractivity contribution is -0.147. The van der Waals surface area contributed by atoms with Crippen molar-refractivity contribution in [2.75, 3.05) is 24.8 Å². The molecule has 0 aromatic rings. The van der Waals surface area contributed by atoms with Crippen LogP contribution >= 0.6 is 21.6 Å². The Hall–Kier alpha value is 0.0900. The maximum absolute atomic E-state index is 11.2. The molecule has 0 saturated heterocycles. The fraction of sp³-hybridized carbons (Fsp3) is 0.923. The molecule has 1 N–H and O–H groups in total. The Bertz CT molecular complexity index is 226. The van der Waals surface area contributed by atoms with E-state index in [1.54, 1.807) is 21.6 Å². The molecule has 0 aromatic carbocycles. The van der Waals surface area contributed by atoms with Gasteiger partial charge in [-0.15, -0.1) is 0 Å². The molecular formula is C13H27NO3S2. The molecule has 0 aliphatic heterocycles. The van der Waals surface area contributed by atoms with E-state index >= 15 is 0 Å². The largest absolute Gasteiger partial charge is 0.463 e. The van der Waals surface area contributed by atoms with Gasteiger partial charge in [-0.1, -0.05) is 35.4 Å². The molecule has 4 nitrogen and oxygen atoms in total. The first kappa shape index (κ1) is 19.1. The highest BCUT2D eigenvalue weighted by molar-refractivity contribution is 8.76. The average Bonchev–Trinajstić information content (AvgIpc) is 2.30. The van der Waals surface area contributed by atoms with Crippen molar-refractivity contribution in [2.45, 2.75) is 52.7 Å². The summed E-state index contributed by atoms with van der Waals surface area (Å²) in [5, 5.41) is 3.36. The minimum atomic E-state index is -0.139. The highest BCUT2D eigenvalue weighted by Crippen LogP contribution is 2.20. The molecule has 114 valence electrons. The monoisotopic (exact) mass is 309 g/mol. The van der Waals surface area contributed by atoms with Crippen LogP contribution < -0.4 is 5.32 Å². The molecule has 0 saturated carbocycles. The van der Waals surface area contributed by atoms with Crippen LogP contribution in [-0.4, -0.2) is 43.0 Å². The molecule has 0 rings (SSSR count). The van der Waals surface area contributed by atoms with Crippen molar-refractivity contribution in [3.8, 4) is 0 Å². The minimum absolute atomic E-state index is 0.0279. The minimum Gasteiger partial charge on any atom is -0.463 e. The Kier molecular flexibility index (Phi) is 13.2. The third kappa shape index (κ3) is 16.0. The number of carbonyl (C=O) groups excluding carboxylic acids is 1. The zero-order valence-corrected chi connectivity index (χ0v) is 14.1. The molecule has 0 amide bonds. The molecule has 0 aliphatic rings. The molecule has 0 radical (unpaired) electrons.